The second-order valence-electron chi connectivity index (χ2n) is 5.01. The van der Waals surface area contributed by atoms with Crippen LogP contribution in [0.4, 0.5) is 5.69 Å². The van der Waals surface area contributed by atoms with Gasteiger partial charge in [-0.2, -0.15) is 0 Å². The van der Waals surface area contributed by atoms with Crippen LogP contribution in [0.3, 0.4) is 0 Å². The molecule has 0 saturated heterocycles. The van der Waals surface area contributed by atoms with Gasteiger partial charge in [-0.05, 0) is 42.7 Å². The van der Waals surface area contributed by atoms with Crippen molar-refractivity contribution in [2.75, 3.05) is 17.3 Å². The maximum Gasteiger partial charge on any atom is 0.234 e. The largest absolute Gasteiger partial charge is 0.324 e. The van der Waals surface area contributed by atoms with Crippen molar-refractivity contribution in [3.8, 4) is 11.4 Å². The molecule has 0 aliphatic rings. The molecule has 8 heteroatoms. The van der Waals surface area contributed by atoms with E-state index in [1.165, 1.54) is 11.8 Å². The van der Waals surface area contributed by atoms with Crippen molar-refractivity contribution in [1.29, 1.82) is 0 Å². The summed E-state index contributed by atoms with van der Waals surface area (Å²) in [5.41, 5.74) is 1.71. The lowest BCUT2D eigenvalue weighted by Crippen LogP contribution is -2.14. The molecule has 3 rings (SSSR count). The van der Waals surface area contributed by atoms with Gasteiger partial charge in [-0.1, -0.05) is 35.5 Å². The molecule has 0 bridgehead atoms. The first kappa shape index (κ1) is 17.8. The molecule has 0 fully saturated rings. The first-order chi connectivity index (χ1) is 12.2. The Morgan fingerprint density at radius 1 is 1.20 bits per heavy atom. The molecule has 2 aromatic carbocycles. The van der Waals surface area contributed by atoms with Crippen molar-refractivity contribution in [2.45, 2.75) is 10.1 Å². The molecule has 5 nitrogen and oxygen atoms in total. The standard InChI is InChI=1S/C17H15ClN4OS2/c1-24-14-5-3-2-4-13(14)19-15(23)10-25-17-20-16(21-22-17)11-6-8-12(18)9-7-11/h2-9H,10H2,1H3,(H,19,23)(H,20,21,22). The number of para-hydroxylation sites is 1. The van der Waals surface area contributed by atoms with Gasteiger partial charge < -0.3 is 5.32 Å². The van der Waals surface area contributed by atoms with E-state index in [-0.39, 0.29) is 11.7 Å². The number of halogens is 1. The van der Waals surface area contributed by atoms with E-state index < -0.39 is 0 Å². The molecule has 0 unspecified atom stereocenters. The maximum absolute atomic E-state index is 12.1. The molecule has 1 amide bonds. The lowest BCUT2D eigenvalue weighted by atomic mass is 10.2. The van der Waals surface area contributed by atoms with Crippen molar-refractivity contribution >= 4 is 46.7 Å². The summed E-state index contributed by atoms with van der Waals surface area (Å²) in [6, 6.07) is 15.0. The highest BCUT2D eigenvalue weighted by molar-refractivity contribution is 7.99. The number of aromatic nitrogens is 3. The zero-order valence-corrected chi connectivity index (χ0v) is 15.7. The van der Waals surface area contributed by atoms with Crippen molar-refractivity contribution in [3.63, 3.8) is 0 Å². The van der Waals surface area contributed by atoms with Gasteiger partial charge >= 0.3 is 0 Å². The minimum absolute atomic E-state index is 0.0932. The number of thioether (sulfide) groups is 2. The van der Waals surface area contributed by atoms with Crippen molar-refractivity contribution in [3.05, 3.63) is 53.6 Å². The average molecular weight is 391 g/mol. The number of hydrogen-bond acceptors (Lipinski definition) is 5. The van der Waals surface area contributed by atoms with Gasteiger partial charge in [-0.3, -0.25) is 9.89 Å². The van der Waals surface area contributed by atoms with Gasteiger partial charge in [-0.25, -0.2) is 4.98 Å². The Hall–Kier alpha value is -1.96. The van der Waals surface area contributed by atoms with Crippen LogP contribution in [-0.2, 0) is 4.79 Å². The third kappa shape index (κ3) is 4.78. The highest BCUT2D eigenvalue weighted by Crippen LogP contribution is 2.25. The number of nitrogens with zero attached hydrogens (tertiary/aromatic N) is 2. The number of carbonyl (C=O) groups is 1. The highest BCUT2D eigenvalue weighted by Gasteiger charge is 2.10. The smallest absolute Gasteiger partial charge is 0.234 e. The predicted molar refractivity (Wildman–Crippen MR) is 104 cm³/mol. The second kappa shape index (κ2) is 8.42. The fraction of sp³-hybridized carbons (Fsp3) is 0.118. The van der Waals surface area contributed by atoms with Gasteiger partial charge in [0.25, 0.3) is 0 Å². The maximum atomic E-state index is 12.1. The summed E-state index contributed by atoms with van der Waals surface area (Å²) in [6.45, 7) is 0. The van der Waals surface area contributed by atoms with E-state index in [2.05, 4.69) is 20.5 Å². The van der Waals surface area contributed by atoms with Crippen LogP contribution in [0.15, 0.2) is 58.6 Å². The Labute approximate surface area is 159 Å². The lowest BCUT2D eigenvalue weighted by Gasteiger charge is -2.08. The number of amides is 1. The molecule has 0 atom stereocenters. The molecule has 0 saturated carbocycles. The Morgan fingerprint density at radius 3 is 2.72 bits per heavy atom. The molecule has 3 aromatic rings. The first-order valence-electron chi connectivity index (χ1n) is 7.39. The molecule has 2 N–H and O–H groups in total. The quantitative estimate of drug-likeness (QED) is 0.603. The average Bonchev–Trinajstić information content (AvgIpc) is 3.10. The van der Waals surface area contributed by atoms with Crippen LogP contribution in [0.25, 0.3) is 11.4 Å². The lowest BCUT2D eigenvalue weighted by molar-refractivity contribution is -0.113. The number of rotatable bonds is 6. The van der Waals surface area contributed by atoms with Gasteiger partial charge in [0, 0.05) is 15.5 Å². The summed E-state index contributed by atoms with van der Waals surface area (Å²) in [4.78, 5) is 17.6. The number of benzene rings is 2. The van der Waals surface area contributed by atoms with Gasteiger partial charge in [-0.15, -0.1) is 16.9 Å². The zero-order valence-electron chi connectivity index (χ0n) is 13.3. The Balaban J connectivity index is 1.58. The number of anilines is 1. The monoisotopic (exact) mass is 390 g/mol. The molecule has 0 radical (unpaired) electrons. The van der Waals surface area contributed by atoms with E-state index in [1.807, 2.05) is 42.7 Å². The SMILES string of the molecule is CSc1ccccc1NC(=O)CSc1n[nH]c(-c2ccc(Cl)cc2)n1. The zero-order chi connectivity index (χ0) is 17.6. The van der Waals surface area contributed by atoms with E-state index in [4.69, 9.17) is 11.6 Å². The van der Waals surface area contributed by atoms with Crippen LogP contribution >= 0.6 is 35.1 Å². The summed E-state index contributed by atoms with van der Waals surface area (Å²) in [5, 5.41) is 11.1. The third-order valence-corrected chi connectivity index (χ3v) is 5.19. The summed E-state index contributed by atoms with van der Waals surface area (Å²) in [5.74, 6) is 0.789. The first-order valence-corrected chi connectivity index (χ1v) is 9.98. The Bertz CT molecular complexity index is 867. The van der Waals surface area contributed by atoms with Gasteiger partial charge in [0.15, 0.2) is 5.82 Å². The van der Waals surface area contributed by atoms with Crippen molar-refractivity contribution in [2.24, 2.45) is 0 Å². The molecule has 1 aromatic heterocycles. The van der Waals surface area contributed by atoms with Gasteiger partial charge in [0.1, 0.15) is 0 Å². The molecular formula is C17H15ClN4OS2. The minimum Gasteiger partial charge on any atom is -0.324 e. The Kier molecular flexibility index (Phi) is 6.01. The van der Waals surface area contributed by atoms with E-state index in [9.17, 15) is 4.79 Å². The molecule has 0 aliphatic heterocycles. The van der Waals surface area contributed by atoms with Crippen LogP contribution in [0.1, 0.15) is 0 Å². The van der Waals surface area contributed by atoms with Crippen molar-refractivity contribution in [1.82, 2.24) is 15.2 Å². The fourth-order valence-corrected chi connectivity index (χ4v) is 3.39. The summed E-state index contributed by atoms with van der Waals surface area (Å²) >= 11 is 8.76. The Morgan fingerprint density at radius 2 is 1.96 bits per heavy atom. The molecule has 0 aliphatic carbocycles. The van der Waals surface area contributed by atoms with E-state index >= 15 is 0 Å². The molecule has 0 spiro atoms. The summed E-state index contributed by atoms with van der Waals surface area (Å²) in [7, 11) is 0. The summed E-state index contributed by atoms with van der Waals surface area (Å²) in [6.07, 6.45) is 1.98. The minimum atomic E-state index is -0.0932. The van der Waals surface area contributed by atoms with E-state index in [0.29, 0.717) is 16.0 Å². The van der Waals surface area contributed by atoms with Crippen LogP contribution < -0.4 is 5.32 Å². The third-order valence-electron chi connectivity index (χ3n) is 3.30. The van der Waals surface area contributed by atoms with Gasteiger partial charge in [0.05, 0.1) is 11.4 Å². The number of hydrogen-bond donors (Lipinski definition) is 2. The van der Waals surface area contributed by atoms with E-state index in [0.717, 1.165) is 16.1 Å². The second-order valence-corrected chi connectivity index (χ2v) is 7.24. The highest BCUT2D eigenvalue weighted by atomic mass is 35.5. The molecule has 128 valence electrons. The number of aromatic amines is 1. The number of carbonyl (C=O) groups excluding carboxylic acids is 1. The van der Waals surface area contributed by atoms with Crippen molar-refractivity contribution < 1.29 is 4.79 Å². The topological polar surface area (TPSA) is 70.7 Å². The molecule has 1 heterocycles. The molecular weight excluding hydrogens is 376 g/mol. The number of H-pyrrole nitrogens is 1. The van der Waals surface area contributed by atoms with Gasteiger partial charge in [0.2, 0.25) is 11.1 Å². The van der Waals surface area contributed by atoms with Crippen LogP contribution in [-0.4, -0.2) is 33.1 Å². The molecule has 25 heavy (non-hydrogen) atoms. The predicted octanol–water partition coefficient (Wildman–Crippen LogP) is 4.58. The summed E-state index contributed by atoms with van der Waals surface area (Å²) < 4.78 is 0. The van der Waals surface area contributed by atoms with E-state index in [1.54, 1.807) is 23.9 Å². The van der Waals surface area contributed by atoms with Crippen LogP contribution in [0.2, 0.25) is 5.02 Å². The van der Waals surface area contributed by atoms with Crippen LogP contribution in [0, 0.1) is 0 Å². The number of nitrogens with one attached hydrogen (secondary N) is 2. The normalized spacial score (nSPS) is 10.6. The van der Waals surface area contributed by atoms with Crippen LogP contribution in [0.5, 0.6) is 0 Å². The fourth-order valence-electron chi connectivity index (χ4n) is 2.11.